The molecule has 0 saturated carbocycles. The van der Waals surface area contributed by atoms with E-state index < -0.39 is 0 Å². The third-order valence-electron chi connectivity index (χ3n) is 3.44. The molecule has 21 heavy (non-hydrogen) atoms. The van der Waals surface area contributed by atoms with Crippen LogP contribution in [0.15, 0.2) is 24.5 Å². The van der Waals surface area contributed by atoms with Crippen LogP contribution in [-0.4, -0.2) is 28.9 Å². The summed E-state index contributed by atoms with van der Waals surface area (Å²) in [5.74, 6) is 1.75. The quantitative estimate of drug-likeness (QED) is 0.854. The maximum absolute atomic E-state index is 6.03. The normalized spacial score (nSPS) is 12.4. The van der Waals surface area contributed by atoms with Gasteiger partial charge in [-0.25, -0.2) is 4.98 Å². The predicted octanol–water partition coefficient (Wildman–Crippen LogP) is 2.85. The number of aromatic nitrogens is 3. The maximum Gasteiger partial charge on any atom is 0.138 e. The molecular formula is C15H21ClN4O. The molecule has 1 unspecified atom stereocenters. The highest BCUT2D eigenvalue weighted by molar-refractivity contribution is 6.30. The van der Waals surface area contributed by atoms with E-state index in [-0.39, 0.29) is 6.04 Å². The minimum Gasteiger partial charge on any atom is -0.496 e. The molecule has 2 rings (SSSR count). The van der Waals surface area contributed by atoms with E-state index in [9.17, 15) is 0 Å². The summed E-state index contributed by atoms with van der Waals surface area (Å²) in [6, 6.07) is 5.79. The Bertz CT molecular complexity index is 585. The van der Waals surface area contributed by atoms with Crippen molar-refractivity contribution in [3.63, 3.8) is 0 Å². The summed E-state index contributed by atoms with van der Waals surface area (Å²) in [5.41, 5.74) is 1.07. The zero-order valence-corrected chi connectivity index (χ0v) is 13.4. The van der Waals surface area contributed by atoms with Crippen LogP contribution in [0.2, 0.25) is 5.02 Å². The molecule has 0 spiro atoms. The topological polar surface area (TPSA) is 52.0 Å². The first-order chi connectivity index (χ1) is 10.2. The molecule has 1 atom stereocenters. The van der Waals surface area contributed by atoms with Crippen molar-refractivity contribution in [3.8, 4) is 5.75 Å². The molecule has 0 bridgehead atoms. The van der Waals surface area contributed by atoms with Gasteiger partial charge in [-0.2, -0.15) is 5.10 Å². The minimum absolute atomic E-state index is 0.0945. The van der Waals surface area contributed by atoms with E-state index in [2.05, 4.69) is 22.3 Å². The third kappa shape index (κ3) is 3.74. The Balaban J connectivity index is 2.25. The van der Waals surface area contributed by atoms with Crippen molar-refractivity contribution >= 4 is 11.6 Å². The Labute approximate surface area is 130 Å². The van der Waals surface area contributed by atoms with Crippen LogP contribution in [0, 0.1) is 0 Å². The second-order valence-electron chi connectivity index (χ2n) is 4.83. The first-order valence-corrected chi connectivity index (χ1v) is 7.44. The van der Waals surface area contributed by atoms with E-state index in [1.54, 1.807) is 13.4 Å². The fraction of sp³-hybridized carbons (Fsp3) is 0.467. The molecule has 2 aromatic rings. The standard InChI is InChI=1S/C15H21ClN4O/c1-4-7-20-15(18-10-19-20)9-13(17-2)12-6-5-11(16)8-14(12)21-3/h5-6,8,10,13,17H,4,7,9H2,1-3H3. The van der Waals surface area contributed by atoms with Crippen LogP contribution in [0.1, 0.15) is 30.8 Å². The number of benzene rings is 1. The van der Waals surface area contributed by atoms with Crippen LogP contribution in [0.3, 0.4) is 0 Å². The van der Waals surface area contributed by atoms with Crippen LogP contribution < -0.4 is 10.1 Å². The van der Waals surface area contributed by atoms with E-state index in [0.717, 1.165) is 36.5 Å². The lowest BCUT2D eigenvalue weighted by atomic mass is 10.0. The summed E-state index contributed by atoms with van der Waals surface area (Å²) in [7, 11) is 3.58. The number of hydrogen-bond donors (Lipinski definition) is 1. The Morgan fingerprint density at radius 1 is 1.43 bits per heavy atom. The van der Waals surface area contributed by atoms with Gasteiger partial charge in [0.2, 0.25) is 0 Å². The van der Waals surface area contributed by atoms with Crippen LogP contribution in [0.25, 0.3) is 0 Å². The second-order valence-corrected chi connectivity index (χ2v) is 5.27. The van der Waals surface area contributed by atoms with Crippen LogP contribution in [0.5, 0.6) is 5.75 Å². The molecule has 1 aromatic carbocycles. The van der Waals surface area contributed by atoms with Gasteiger partial charge in [0, 0.05) is 29.6 Å². The average Bonchev–Trinajstić information content (AvgIpc) is 2.92. The summed E-state index contributed by atoms with van der Waals surface area (Å²) in [5, 5.41) is 8.25. The zero-order valence-electron chi connectivity index (χ0n) is 12.6. The number of likely N-dealkylation sites (N-methyl/N-ethyl adjacent to an activating group) is 1. The van der Waals surface area contributed by atoms with Crippen molar-refractivity contribution in [3.05, 3.63) is 40.9 Å². The third-order valence-corrected chi connectivity index (χ3v) is 3.67. The largest absolute Gasteiger partial charge is 0.496 e. The van der Waals surface area contributed by atoms with E-state index in [4.69, 9.17) is 16.3 Å². The van der Waals surface area contributed by atoms with Gasteiger partial charge in [0.15, 0.2) is 0 Å². The molecule has 0 radical (unpaired) electrons. The number of ether oxygens (including phenoxy) is 1. The number of rotatable bonds is 7. The molecule has 1 heterocycles. The highest BCUT2D eigenvalue weighted by Gasteiger charge is 2.18. The lowest BCUT2D eigenvalue weighted by Crippen LogP contribution is -2.22. The van der Waals surface area contributed by atoms with E-state index in [1.165, 1.54) is 0 Å². The second kappa shape index (κ2) is 7.43. The van der Waals surface area contributed by atoms with Crippen molar-refractivity contribution in [2.24, 2.45) is 0 Å². The molecule has 0 aliphatic carbocycles. The van der Waals surface area contributed by atoms with Gasteiger partial charge in [0.25, 0.3) is 0 Å². The van der Waals surface area contributed by atoms with Crippen LogP contribution >= 0.6 is 11.6 Å². The molecule has 0 aliphatic heterocycles. The molecular weight excluding hydrogens is 288 g/mol. The highest BCUT2D eigenvalue weighted by atomic mass is 35.5. The van der Waals surface area contributed by atoms with Crippen molar-refractivity contribution in [1.29, 1.82) is 0 Å². The SMILES string of the molecule is CCCn1ncnc1CC(NC)c1ccc(Cl)cc1OC. The van der Waals surface area contributed by atoms with E-state index in [1.807, 2.05) is 29.9 Å². The molecule has 0 amide bonds. The van der Waals surface area contributed by atoms with Crippen molar-refractivity contribution in [1.82, 2.24) is 20.1 Å². The van der Waals surface area contributed by atoms with Gasteiger partial charge >= 0.3 is 0 Å². The van der Waals surface area contributed by atoms with Crippen molar-refractivity contribution < 1.29 is 4.74 Å². The van der Waals surface area contributed by atoms with E-state index >= 15 is 0 Å². The van der Waals surface area contributed by atoms with Gasteiger partial charge in [0.05, 0.1) is 7.11 Å². The molecule has 1 aromatic heterocycles. The van der Waals surface area contributed by atoms with Crippen LogP contribution in [0.4, 0.5) is 0 Å². The van der Waals surface area contributed by atoms with Gasteiger partial charge in [0.1, 0.15) is 17.9 Å². The molecule has 5 nitrogen and oxygen atoms in total. The summed E-state index contributed by atoms with van der Waals surface area (Å²) in [6.07, 6.45) is 3.39. The first kappa shape index (κ1) is 15.8. The van der Waals surface area contributed by atoms with Gasteiger partial charge in [-0.1, -0.05) is 24.6 Å². The smallest absolute Gasteiger partial charge is 0.138 e. The molecule has 0 aliphatic rings. The zero-order chi connectivity index (χ0) is 15.2. The number of nitrogens with zero attached hydrogens (tertiary/aromatic N) is 3. The lowest BCUT2D eigenvalue weighted by molar-refractivity contribution is 0.399. The highest BCUT2D eigenvalue weighted by Crippen LogP contribution is 2.29. The molecule has 114 valence electrons. The van der Waals surface area contributed by atoms with Crippen LogP contribution in [-0.2, 0) is 13.0 Å². The van der Waals surface area contributed by atoms with E-state index in [0.29, 0.717) is 5.02 Å². The number of aryl methyl sites for hydroxylation is 1. The number of halogens is 1. The average molecular weight is 309 g/mol. The summed E-state index contributed by atoms with van der Waals surface area (Å²) < 4.78 is 7.39. The first-order valence-electron chi connectivity index (χ1n) is 7.07. The monoisotopic (exact) mass is 308 g/mol. The number of nitrogens with one attached hydrogen (secondary N) is 1. The maximum atomic E-state index is 6.03. The Morgan fingerprint density at radius 2 is 2.24 bits per heavy atom. The molecule has 1 N–H and O–H groups in total. The Morgan fingerprint density at radius 3 is 2.90 bits per heavy atom. The Kier molecular flexibility index (Phi) is 5.59. The van der Waals surface area contributed by atoms with Gasteiger partial charge in [-0.3, -0.25) is 4.68 Å². The van der Waals surface area contributed by atoms with Gasteiger partial charge in [-0.05, 0) is 25.6 Å². The van der Waals surface area contributed by atoms with Crippen molar-refractivity contribution in [2.45, 2.75) is 32.4 Å². The molecule has 6 heteroatoms. The predicted molar refractivity (Wildman–Crippen MR) is 83.8 cm³/mol. The number of hydrogen-bond acceptors (Lipinski definition) is 4. The van der Waals surface area contributed by atoms with Crippen molar-refractivity contribution in [2.75, 3.05) is 14.2 Å². The molecule has 0 fully saturated rings. The molecule has 0 saturated heterocycles. The summed E-state index contributed by atoms with van der Waals surface area (Å²) in [4.78, 5) is 4.37. The fourth-order valence-electron chi connectivity index (χ4n) is 2.37. The van der Waals surface area contributed by atoms with Gasteiger partial charge < -0.3 is 10.1 Å². The minimum atomic E-state index is 0.0945. The van der Waals surface area contributed by atoms with Gasteiger partial charge in [-0.15, -0.1) is 0 Å². The number of methoxy groups -OCH3 is 1. The lowest BCUT2D eigenvalue weighted by Gasteiger charge is -2.19. The Hall–Kier alpha value is -1.59. The fourth-order valence-corrected chi connectivity index (χ4v) is 2.53. The summed E-state index contributed by atoms with van der Waals surface area (Å²) in [6.45, 7) is 3.01. The summed E-state index contributed by atoms with van der Waals surface area (Å²) >= 11 is 6.03.